The first kappa shape index (κ1) is 16.7. The van der Waals surface area contributed by atoms with Gasteiger partial charge in [0.25, 0.3) is 0 Å². The highest BCUT2D eigenvalue weighted by atomic mass is 32.2. The van der Waals surface area contributed by atoms with Gasteiger partial charge in [-0.25, -0.2) is 0 Å². The highest BCUT2D eigenvalue weighted by Crippen LogP contribution is 2.36. The molecule has 0 bridgehead atoms. The Balaban J connectivity index is 2.41. The first-order chi connectivity index (χ1) is 10.4. The van der Waals surface area contributed by atoms with E-state index in [1.165, 1.54) is 0 Å². The van der Waals surface area contributed by atoms with Crippen LogP contribution in [0.25, 0.3) is 0 Å². The molecule has 0 saturated carbocycles. The average molecular weight is 314 g/mol. The van der Waals surface area contributed by atoms with Gasteiger partial charge in [0.1, 0.15) is 4.91 Å². The van der Waals surface area contributed by atoms with E-state index in [4.69, 9.17) is 0 Å². The smallest absolute Gasteiger partial charge is 0.140 e. The summed E-state index contributed by atoms with van der Waals surface area (Å²) in [5.41, 5.74) is 1.70. The van der Waals surface area contributed by atoms with Crippen molar-refractivity contribution in [2.45, 2.75) is 32.2 Å². The molecular weight excluding hydrogens is 292 g/mol. The van der Waals surface area contributed by atoms with Crippen LogP contribution in [0, 0.1) is 0 Å². The Kier molecular flexibility index (Phi) is 5.40. The van der Waals surface area contributed by atoms with Crippen molar-refractivity contribution >= 4 is 11.4 Å². The van der Waals surface area contributed by atoms with Crippen molar-refractivity contribution in [1.82, 2.24) is 9.71 Å². The van der Waals surface area contributed by atoms with Gasteiger partial charge in [-0.2, -0.15) is 0 Å². The molecule has 22 heavy (non-hydrogen) atoms. The molecule has 1 aromatic carbocycles. The maximum atomic E-state index is 12.3. The predicted molar refractivity (Wildman–Crippen MR) is 92.5 cm³/mol. The van der Waals surface area contributed by atoms with Crippen LogP contribution >= 0.6 is 0 Å². The van der Waals surface area contributed by atoms with E-state index in [0.29, 0.717) is 4.91 Å². The first-order valence-corrected chi connectivity index (χ1v) is 8.38. The minimum absolute atomic E-state index is 0.138. The molecule has 116 valence electrons. The number of rotatable bonds is 6. The summed E-state index contributed by atoms with van der Waals surface area (Å²) >= 11 is -1.29. The van der Waals surface area contributed by atoms with Crippen LogP contribution in [0.15, 0.2) is 66.2 Å². The summed E-state index contributed by atoms with van der Waals surface area (Å²) in [6, 6.07) is 15.8. The maximum Gasteiger partial charge on any atom is 0.140 e. The third-order valence-corrected chi connectivity index (χ3v) is 4.80. The zero-order valence-electron chi connectivity index (χ0n) is 13.2. The minimum atomic E-state index is -1.29. The van der Waals surface area contributed by atoms with E-state index in [1.807, 2.05) is 48.5 Å². The van der Waals surface area contributed by atoms with E-state index >= 15 is 0 Å². The van der Waals surface area contributed by atoms with Gasteiger partial charge < -0.3 is 4.55 Å². The van der Waals surface area contributed by atoms with Crippen LogP contribution in [0.3, 0.4) is 0 Å². The van der Waals surface area contributed by atoms with Gasteiger partial charge in [-0.05, 0) is 24.3 Å². The number of nitrogens with zero attached hydrogens (tertiary/aromatic N) is 1. The van der Waals surface area contributed by atoms with Gasteiger partial charge in [-0.15, -0.1) is 4.72 Å². The molecule has 1 aromatic heterocycles. The number of nitrogens with one attached hydrogen (secondary N) is 1. The average Bonchev–Trinajstić information content (AvgIpc) is 2.53. The minimum Gasteiger partial charge on any atom is -0.593 e. The number of pyridine rings is 1. The maximum absolute atomic E-state index is 12.3. The standard InChI is InChI=1S/C18H22N2OS/c1-14(2)22(21)20-17(15-10-6-5-7-11-15)18(3,4)16-12-8-9-13-19-16/h5-13,17,20H,1H2,2-4H3/t17-,22+/m0/s1. The summed E-state index contributed by atoms with van der Waals surface area (Å²) < 4.78 is 15.5. The fourth-order valence-electron chi connectivity index (χ4n) is 2.38. The molecule has 0 spiro atoms. The van der Waals surface area contributed by atoms with Crippen LogP contribution < -0.4 is 4.72 Å². The van der Waals surface area contributed by atoms with Crippen molar-refractivity contribution < 1.29 is 4.55 Å². The van der Waals surface area contributed by atoms with Crippen molar-refractivity contribution in [1.29, 1.82) is 0 Å². The van der Waals surface area contributed by atoms with E-state index < -0.39 is 11.4 Å². The van der Waals surface area contributed by atoms with Gasteiger partial charge in [0.05, 0.1) is 17.4 Å². The van der Waals surface area contributed by atoms with E-state index in [1.54, 1.807) is 13.1 Å². The predicted octanol–water partition coefficient (Wildman–Crippen LogP) is 3.89. The van der Waals surface area contributed by atoms with Gasteiger partial charge >= 0.3 is 0 Å². The zero-order chi connectivity index (χ0) is 16.2. The van der Waals surface area contributed by atoms with Gasteiger partial charge in [-0.1, -0.05) is 50.2 Å². The molecular formula is C18H22N2OS. The van der Waals surface area contributed by atoms with Crippen molar-refractivity contribution in [2.75, 3.05) is 0 Å². The van der Waals surface area contributed by atoms with Crippen molar-refractivity contribution in [3.8, 4) is 0 Å². The van der Waals surface area contributed by atoms with Crippen molar-refractivity contribution in [3.05, 3.63) is 77.5 Å². The van der Waals surface area contributed by atoms with Crippen LogP contribution in [0.2, 0.25) is 0 Å². The van der Waals surface area contributed by atoms with E-state index in [9.17, 15) is 4.55 Å². The molecule has 0 aliphatic heterocycles. The molecule has 2 aromatic rings. The SMILES string of the molecule is C=C(C)[S@@+]([O-])N[C@@H](c1ccccc1)C(C)(C)c1ccccn1. The topological polar surface area (TPSA) is 48.0 Å². The van der Waals surface area contributed by atoms with Crippen LogP contribution in [-0.4, -0.2) is 9.54 Å². The second-order valence-electron chi connectivity index (χ2n) is 5.87. The first-order valence-electron chi connectivity index (χ1n) is 7.23. The van der Waals surface area contributed by atoms with Crippen molar-refractivity contribution in [3.63, 3.8) is 0 Å². The molecule has 0 unspecified atom stereocenters. The Morgan fingerprint density at radius 2 is 1.82 bits per heavy atom. The molecule has 2 rings (SSSR count). The molecule has 0 aliphatic rings. The number of hydrogen-bond donors (Lipinski definition) is 1. The molecule has 3 nitrogen and oxygen atoms in total. The van der Waals surface area contributed by atoms with E-state index in [0.717, 1.165) is 11.3 Å². The monoisotopic (exact) mass is 314 g/mol. The van der Waals surface area contributed by atoms with Crippen LogP contribution in [-0.2, 0) is 16.8 Å². The van der Waals surface area contributed by atoms with Gasteiger partial charge in [0, 0.05) is 24.2 Å². The fourth-order valence-corrected chi connectivity index (χ4v) is 3.22. The number of benzene rings is 1. The Morgan fingerprint density at radius 3 is 2.36 bits per heavy atom. The van der Waals surface area contributed by atoms with Crippen LogP contribution in [0.5, 0.6) is 0 Å². The quantitative estimate of drug-likeness (QED) is 0.823. The lowest BCUT2D eigenvalue weighted by Gasteiger charge is -2.34. The van der Waals surface area contributed by atoms with Gasteiger partial charge in [-0.3, -0.25) is 4.98 Å². The van der Waals surface area contributed by atoms with Crippen molar-refractivity contribution in [2.24, 2.45) is 0 Å². The summed E-state index contributed by atoms with van der Waals surface area (Å²) in [4.78, 5) is 5.10. The van der Waals surface area contributed by atoms with Gasteiger partial charge in [0.15, 0.2) is 0 Å². The Labute approximate surface area is 135 Å². The third-order valence-electron chi connectivity index (χ3n) is 3.72. The lowest BCUT2D eigenvalue weighted by atomic mass is 9.78. The Bertz CT molecular complexity index is 613. The van der Waals surface area contributed by atoms with Gasteiger partial charge in [0.2, 0.25) is 0 Å². The van der Waals surface area contributed by atoms with E-state index in [2.05, 4.69) is 30.1 Å². The second-order valence-corrected chi connectivity index (χ2v) is 7.34. The van der Waals surface area contributed by atoms with Crippen LogP contribution in [0.4, 0.5) is 0 Å². The highest BCUT2D eigenvalue weighted by Gasteiger charge is 2.37. The summed E-state index contributed by atoms with van der Waals surface area (Å²) in [6.07, 6.45) is 1.79. The third kappa shape index (κ3) is 3.77. The number of allylic oxidation sites excluding steroid dienone is 1. The molecule has 0 saturated heterocycles. The normalized spacial score (nSPS) is 14.4. The fraction of sp³-hybridized carbons (Fsp3) is 0.278. The second kappa shape index (κ2) is 7.09. The Hall–Kier alpha value is -1.62. The lowest BCUT2D eigenvalue weighted by molar-refractivity contribution is 0.380. The summed E-state index contributed by atoms with van der Waals surface area (Å²) in [5.74, 6) is 0. The molecule has 1 N–H and O–H groups in total. The summed E-state index contributed by atoms with van der Waals surface area (Å²) in [7, 11) is 0. The molecule has 1 heterocycles. The van der Waals surface area contributed by atoms with E-state index in [-0.39, 0.29) is 11.5 Å². The molecule has 0 fully saturated rings. The van der Waals surface area contributed by atoms with Crippen LogP contribution in [0.1, 0.15) is 38.1 Å². The molecule has 0 amide bonds. The lowest BCUT2D eigenvalue weighted by Crippen LogP contribution is -2.41. The highest BCUT2D eigenvalue weighted by molar-refractivity contribution is 7.93. The summed E-state index contributed by atoms with van der Waals surface area (Å²) in [5, 5.41) is 0. The number of hydrogen-bond acceptors (Lipinski definition) is 3. The zero-order valence-corrected chi connectivity index (χ0v) is 14.1. The summed E-state index contributed by atoms with van der Waals surface area (Å²) in [6.45, 7) is 9.75. The molecule has 0 radical (unpaired) electrons. The molecule has 0 aliphatic carbocycles. The molecule has 4 heteroatoms. The Morgan fingerprint density at radius 1 is 1.18 bits per heavy atom. The largest absolute Gasteiger partial charge is 0.593 e. The molecule has 2 atom stereocenters. The number of aromatic nitrogens is 1.